The molecule has 1 aromatic heterocycles. The zero-order chi connectivity index (χ0) is 14.5. The fourth-order valence-corrected chi connectivity index (χ4v) is 2.62. The number of hydrogen-bond donors (Lipinski definition) is 1. The first-order chi connectivity index (χ1) is 9.61. The highest BCUT2D eigenvalue weighted by Gasteiger charge is 2.15. The smallest absolute Gasteiger partial charge is 0.0537 e. The van der Waals surface area contributed by atoms with Crippen molar-refractivity contribution >= 4 is 0 Å². The highest BCUT2D eigenvalue weighted by Crippen LogP contribution is 2.22. The lowest BCUT2D eigenvalue weighted by atomic mass is 9.94. The summed E-state index contributed by atoms with van der Waals surface area (Å²) < 4.78 is 1.88. The van der Waals surface area contributed by atoms with Gasteiger partial charge in [-0.05, 0) is 49.9 Å². The highest BCUT2D eigenvalue weighted by molar-refractivity contribution is 5.35. The standard InChI is InChI=1S/C17H25N3/c1-5-9-18-17(15-11-19-20(4)12-15)10-16-13(2)7-6-8-14(16)3/h6-8,11-12,17-18H,5,9-10H2,1-4H3. The van der Waals surface area contributed by atoms with E-state index < -0.39 is 0 Å². The fourth-order valence-electron chi connectivity index (χ4n) is 2.62. The number of nitrogens with one attached hydrogen (secondary N) is 1. The second-order valence-corrected chi connectivity index (χ2v) is 5.53. The maximum atomic E-state index is 4.31. The van der Waals surface area contributed by atoms with Gasteiger partial charge in [-0.25, -0.2) is 0 Å². The van der Waals surface area contributed by atoms with Crippen molar-refractivity contribution in [2.75, 3.05) is 6.54 Å². The molecule has 0 aliphatic heterocycles. The fraction of sp³-hybridized carbons (Fsp3) is 0.471. The van der Waals surface area contributed by atoms with Gasteiger partial charge in [0, 0.05) is 24.8 Å². The van der Waals surface area contributed by atoms with Gasteiger partial charge in [0.15, 0.2) is 0 Å². The Balaban J connectivity index is 2.23. The van der Waals surface area contributed by atoms with Crippen LogP contribution >= 0.6 is 0 Å². The van der Waals surface area contributed by atoms with Crippen LogP contribution < -0.4 is 5.32 Å². The van der Waals surface area contributed by atoms with Gasteiger partial charge in [0.05, 0.1) is 6.20 Å². The van der Waals surface area contributed by atoms with Gasteiger partial charge in [0.25, 0.3) is 0 Å². The summed E-state index contributed by atoms with van der Waals surface area (Å²) in [4.78, 5) is 0. The van der Waals surface area contributed by atoms with E-state index in [0.29, 0.717) is 6.04 Å². The third-order valence-corrected chi connectivity index (χ3v) is 3.82. The Hall–Kier alpha value is -1.61. The summed E-state index contributed by atoms with van der Waals surface area (Å²) in [5.74, 6) is 0. The van der Waals surface area contributed by atoms with Crippen LogP contribution in [0.5, 0.6) is 0 Å². The summed E-state index contributed by atoms with van der Waals surface area (Å²) in [5, 5.41) is 7.96. The molecule has 1 unspecified atom stereocenters. The SMILES string of the molecule is CCCNC(Cc1c(C)cccc1C)c1cnn(C)c1. The molecule has 0 aliphatic carbocycles. The van der Waals surface area contributed by atoms with Gasteiger partial charge >= 0.3 is 0 Å². The van der Waals surface area contributed by atoms with E-state index >= 15 is 0 Å². The van der Waals surface area contributed by atoms with Crippen LogP contribution in [-0.2, 0) is 13.5 Å². The molecule has 1 heterocycles. The van der Waals surface area contributed by atoms with Crippen LogP contribution in [0, 0.1) is 13.8 Å². The molecule has 0 amide bonds. The van der Waals surface area contributed by atoms with Crippen LogP contribution in [0.25, 0.3) is 0 Å². The lowest BCUT2D eigenvalue weighted by Gasteiger charge is -2.20. The van der Waals surface area contributed by atoms with Gasteiger partial charge in [-0.15, -0.1) is 0 Å². The summed E-state index contributed by atoms with van der Waals surface area (Å²) >= 11 is 0. The van der Waals surface area contributed by atoms with E-state index in [1.165, 1.54) is 22.3 Å². The first-order valence-corrected chi connectivity index (χ1v) is 7.38. The number of benzene rings is 1. The normalized spacial score (nSPS) is 12.6. The van der Waals surface area contributed by atoms with E-state index in [9.17, 15) is 0 Å². The summed E-state index contributed by atoms with van der Waals surface area (Å²) in [5.41, 5.74) is 5.46. The van der Waals surface area contributed by atoms with E-state index in [-0.39, 0.29) is 0 Å². The molecule has 0 spiro atoms. The van der Waals surface area contributed by atoms with Crippen LogP contribution in [0.1, 0.15) is 41.6 Å². The summed E-state index contributed by atoms with van der Waals surface area (Å²) in [6, 6.07) is 6.86. The molecule has 1 atom stereocenters. The van der Waals surface area contributed by atoms with Crippen molar-refractivity contribution in [1.82, 2.24) is 15.1 Å². The third kappa shape index (κ3) is 3.48. The molecule has 3 heteroatoms. The second kappa shape index (κ2) is 6.71. The van der Waals surface area contributed by atoms with Gasteiger partial charge in [-0.3, -0.25) is 4.68 Å². The minimum atomic E-state index is 0.337. The van der Waals surface area contributed by atoms with Crippen LogP contribution in [0.15, 0.2) is 30.6 Å². The molecule has 0 bridgehead atoms. The van der Waals surface area contributed by atoms with Crippen LogP contribution in [0.2, 0.25) is 0 Å². The maximum Gasteiger partial charge on any atom is 0.0537 e. The number of nitrogens with zero attached hydrogens (tertiary/aromatic N) is 2. The van der Waals surface area contributed by atoms with Crippen molar-refractivity contribution in [3.8, 4) is 0 Å². The molecule has 2 aromatic rings. The Morgan fingerprint density at radius 2 is 1.95 bits per heavy atom. The van der Waals surface area contributed by atoms with E-state index in [1.807, 2.05) is 17.9 Å². The number of aryl methyl sites for hydroxylation is 3. The first kappa shape index (κ1) is 14.8. The number of rotatable bonds is 6. The van der Waals surface area contributed by atoms with Crippen molar-refractivity contribution in [2.45, 2.75) is 39.7 Å². The Morgan fingerprint density at radius 3 is 2.50 bits per heavy atom. The zero-order valence-corrected chi connectivity index (χ0v) is 13.0. The molecule has 0 saturated carbocycles. The van der Waals surface area contributed by atoms with Crippen molar-refractivity contribution in [1.29, 1.82) is 0 Å². The van der Waals surface area contributed by atoms with Gasteiger partial charge < -0.3 is 5.32 Å². The molecular formula is C17H25N3. The quantitative estimate of drug-likeness (QED) is 0.873. The van der Waals surface area contributed by atoms with E-state index in [0.717, 1.165) is 19.4 Å². The van der Waals surface area contributed by atoms with E-state index in [2.05, 4.69) is 55.6 Å². The minimum absolute atomic E-state index is 0.337. The molecule has 0 radical (unpaired) electrons. The van der Waals surface area contributed by atoms with Crippen molar-refractivity contribution in [3.63, 3.8) is 0 Å². The Bertz CT molecular complexity index is 537. The molecule has 20 heavy (non-hydrogen) atoms. The first-order valence-electron chi connectivity index (χ1n) is 7.38. The molecule has 3 nitrogen and oxygen atoms in total. The second-order valence-electron chi connectivity index (χ2n) is 5.53. The molecule has 0 saturated heterocycles. The van der Waals surface area contributed by atoms with Crippen molar-refractivity contribution in [2.24, 2.45) is 7.05 Å². The molecule has 1 N–H and O–H groups in total. The van der Waals surface area contributed by atoms with Crippen LogP contribution in [-0.4, -0.2) is 16.3 Å². The zero-order valence-electron chi connectivity index (χ0n) is 13.0. The van der Waals surface area contributed by atoms with Gasteiger partial charge in [-0.2, -0.15) is 5.10 Å². The minimum Gasteiger partial charge on any atom is -0.310 e. The average Bonchev–Trinajstić information content (AvgIpc) is 2.84. The molecule has 108 valence electrons. The van der Waals surface area contributed by atoms with Crippen molar-refractivity contribution in [3.05, 3.63) is 52.8 Å². The van der Waals surface area contributed by atoms with Gasteiger partial charge in [-0.1, -0.05) is 25.1 Å². The molecule has 0 fully saturated rings. The topological polar surface area (TPSA) is 29.9 Å². The maximum absolute atomic E-state index is 4.31. The van der Waals surface area contributed by atoms with Gasteiger partial charge in [0.2, 0.25) is 0 Å². The van der Waals surface area contributed by atoms with Crippen LogP contribution in [0.3, 0.4) is 0 Å². The predicted molar refractivity (Wildman–Crippen MR) is 83.9 cm³/mol. The molecule has 0 aliphatic rings. The Labute approximate surface area is 122 Å². The van der Waals surface area contributed by atoms with Crippen molar-refractivity contribution < 1.29 is 0 Å². The Morgan fingerprint density at radius 1 is 1.25 bits per heavy atom. The molecule has 1 aromatic carbocycles. The Kier molecular flexibility index (Phi) is 4.96. The lowest BCUT2D eigenvalue weighted by Crippen LogP contribution is -2.24. The summed E-state index contributed by atoms with van der Waals surface area (Å²) in [7, 11) is 1.97. The highest BCUT2D eigenvalue weighted by atomic mass is 15.2. The number of aromatic nitrogens is 2. The summed E-state index contributed by atoms with van der Waals surface area (Å²) in [6.07, 6.45) is 6.25. The predicted octanol–water partition coefficient (Wildman–Crippen LogP) is 3.32. The summed E-state index contributed by atoms with van der Waals surface area (Å²) in [6.45, 7) is 7.63. The number of hydrogen-bond acceptors (Lipinski definition) is 2. The van der Waals surface area contributed by atoms with Crippen LogP contribution in [0.4, 0.5) is 0 Å². The van der Waals surface area contributed by atoms with E-state index in [1.54, 1.807) is 0 Å². The van der Waals surface area contributed by atoms with Gasteiger partial charge in [0.1, 0.15) is 0 Å². The molecule has 2 rings (SSSR count). The lowest BCUT2D eigenvalue weighted by molar-refractivity contribution is 0.527. The average molecular weight is 271 g/mol. The van der Waals surface area contributed by atoms with E-state index in [4.69, 9.17) is 0 Å². The molecular weight excluding hydrogens is 246 g/mol. The third-order valence-electron chi connectivity index (χ3n) is 3.82. The largest absolute Gasteiger partial charge is 0.310 e. The monoisotopic (exact) mass is 271 g/mol.